The van der Waals surface area contributed by atoms with E-state index in [0.29, 0.717) is 11.3 Å². The topological polar surface area (TPSA) is 34.9 Å². The summed E-state index contributed by atoms with van der Waals surface area (Å²) in [6.45, 7) is 0. The fraction of sp³-hybridized carbons (Fsp3) is 0.250. The molecule has 0 aliphatic carbocycles. The van der Waals surface area contributed by atoms with Crippen LogP contribution >= 0.6 is 39.0 Å². The Balaban J connectivity index is 2.68. The van der Waals surface area contributed by atoms with E-state index in [1.807, 2.05) is 12.3 Å². The first-order valence-electron chi connectivity index (χ1n) is 3.86. The fourth-order valence-electron chi connectivity index (χ4n) is 1.16. The van der Waals surface area contributed by atoms with Gasteiger partial charge in [-0.15, -0.1) is 23.1 Å². The average molecular weight is 291 g/mol. The Morgan fingerprint density at radius 2 is 2.50 bits per heavy atom. The lowest BCUT2D eigenvalue weighted by Crippen LogP contribution is -2.18. The quantitative estimate of drug-likeness (QED) is 0.853. The summed E-state index contributed by atoms with van der Waals surface area (Å²) in [5, 5.41) is 0.693. The van der Waals surface area contributed by atoms with Gasteiger partial charge in [0, 0.05) is 0 Å². The van der Waals surface area contributed by atoms with Crippen molar-refractivity contribution in [1.29, 1.82) is 0 Å². The van der Waals surface area contributed by atoms with Crippen LogP contribution in [0.1, 0.15) is 0 Å². The molecule has 3 nitrogen and oxygen atoms in total. The van der Waals surface area contributed by atoms with Gasteiger partial charge in [-0.1, -0.05) is 0 Å². The molecule has 2 heterocycles. The van der Waals surface area contributed by atoms with Crippen molar-refractivity contribution in [2.45, 2.75) is 5.88 Å². The summed E-state index contributed by atoms with van der Waals surface area (Å²) in [5.74, 6) is 0.648. The molecule has 74 valence electrons. The van der Waals surface area contributed by atoms with Crippen molar-refractivity contribution < 1.29 is 0 Å². The molecule has 0 bridgehead atoms. The number of nitrogens with zero attached hydrogens (tertiary/aromatic N) is 2. The fourth-order valence-corrected chi connectivity index (χ4v) is 3.03. The molecule has 2 aromatic rings. The molecule has 14 heavy (non-hydrogen) atoms. The summed E-state index contributed by atoms with van der Waals surface area (Å²) in [7, 11) is 0. The number of thiophene rings is 1. The van der Waals surface area contributed by atoms with Crippen molar-refractivity contribution in [3.63, 3.8) is 0 Å². The third kappa shape index (κ3) is 1.74. The van der Waals surface area contributed by atoms with Crippen LogP contribution in [0.3, 0.4) is 0 Å². The first-order chi connectivity index (χ1) is 6.72. The van der Waals surface area contributed by atoms with Crippen LogP contribution in [0.4, 0.5) is 0 Å². The van der Waals surface area contributed by atoms with Gasteiger partial charge in [-0.05, 0) is 28.3 Å². The van der Waals surface area contributed by atoms with Crippen molar-refractivity contribution in [2.24, 2.45) is 0 Å². The van der Waals surface area contributed by atoms with E-state index in [1.54, 1.807) is 22.7 Å². The van der Waals surface area contributed by atoms with Crippen molar-refractivity contribution in [1.82, 2.24) is 9.55 Å². The van der Waals surface area contributed by atoms with E-state index in [-0.39, 0.29) is 5.56 Å². The number of rotatable bonds is 2. The van der Waals surface area contributed by atoms with Gasteiger partial charge in [0.1, 0.15) is 4.83 Å². The molecule has 0 aliphatic rings. The minimum absolute atomic E-state index is 0.0336. The number of hydrogen-bond acceptors (Lipinski definition) is 4. The van der Waals surface area contributed by atoms with Gasteiger partial charge in [0.25, 0.3) is 5.56 Å². The van der Waals surface area contributed by atoms with E-state index >= 15 is 0 Å². The lowest BCUT2D eigenvalue weighted by molar-refractivity contribution is 0.826. The van der Waals surface area contributed by atoms with Crippen molar-refractivity contribution in [3.8, 4) is 0 Å². The summed E-state index contributed by atoms with van der Waals surface area (Å²) in [4.78, 5) is 16.8. The van der Waals surface area contributed by atoms with E-state index in [1.165, 1.54) is 11.3 Å². The Morgan fingerprint density at radius 1 is 1.71 bits per heavy atom. The van der Waals surface area contributed by atoms with Gasteiger partial charge in [0.2, 0.25) is 0 Å². The number of halogens is 1. The highest BCUT2D eigenvalue weighted by Crippen LogP contribution is 2.25. The van der Waals surface area contributed by atoms with Crippen molar-refractivity contribution >= 4 is 49.2 Å². The predicted octanol–water partition coefficient (Wildman–Crippen LogP) is 2.54. The maximum absolute atomic E-state index is 11.8. The number of fused-ring (bicyclic) bond motifs is 1. The van der Waals surface area contributed by atoms with Gasteiger partial charge in [-0.25, -0.2) is 4.98 Å². The molecular formula is C8H7BrN2OS2. The Bertz CT molecular complexity index is 520. The zero-order valence-electron chi connectivity index (χ0n) is 7.36. The molecule has 0 amide bonds. The average Bonchev–Trinajstić information content (AvgIpc) is 2.52. The molecular weight excluding hydrogens is 284 g/mol. The minimum Gasteiger partial charge on any atom is -0.289 e. The van der Waals surface area contributed by atoms with Crippen LogP contribution in [0.2, 0.25) is 0 Å². The van der Waals surface area contributed by atoms with E-state index in [0.717, 1.165) is 8.62 Å². The zero-order valence-corrected chi connectivity index (χ0v) is 10.6. The summed E-state index contributed by atoms with van der Waals surface area (Å²) < 4.78 is 2.56. The van der Waals surface area contributed by atoms with Crippen LogP contribution in [0.15, 0.2) is 21.0 Å². The largest absolute Gasteiger partial charge is 0.289 e. The van der Waals surface area contributed by atoms with Crippen LogP contribution in [-0.4, -0.2) is 15.8 Å². The van der Waals surface area contributed by atoms with Crippen LogP contribution < -0.4 is 5.56 Å². The van der Waals surface area contributed by atoms with Crippen LogP contribution in [0.25, 0.3) is 10.2 Å². The highest BCUT2D eigenvalue weighted by atomic mass is 79.9. The van der Waals surface area contributed by atoms with E-state index in [4.69, 9.17) is 0 Å². The molecule has 6 heteroatoms. The Kier molecular flexibility index (Phi) is 2.94. The van der Waals surface area contributed by atoms with Gasteiger partial charge in [-0.3, -0.25) is 9.36 Å². The maximum atomic E-state index is 11.8. The monoisotopic (exact) mass is 290 g/mol. The summed E-state index contributed by atoms with van der Waals surface area (Å²) in [5.41, 5.74) is 0.0336. The van der Waals surface area contributed by atoms with Gasteiger partial charge >= 0.3 is 0 Å². The van der Waals surface area contributed by atoms with Crippen LogP contribution in [0.5, 0.6) is 0 Å². The molecule has 0 aromatic carbocycles. The number of aromatic nitrogens is 2. The Labute approximate surface area is 97.3 Å². The third-order valence-corrected chi connectivity index (χ3v) is 3.84. The standard InChI is InChI=1S/C8H7BrN2OS2/c1-13-4-11-3-10-7-5(8(11)12)2-6(9)14-7/h2-3H,4H2,1H3. The molecule has 0 spiro atoms. The lowest BCUT2D eigenvalue weighted by Gasteiger charge is -2.00. The summed E-state index contributed by atoms with van der Waals surface area (Å²) in [6, 6.07) is 1.83. The van der Waals surface area contributed by atoms with Crippen molar-refractivity contribution in [2.75, 3.05) is 6.26 Å². The highest BCUT2D eigenvalue weighted by molar-refractivity contribution is 9.11. The number of thioether (sulfide) groups is 1. The summed E-state index contributed by atoms with van der Waals surface area (Å²) in [6.07, 6.45) is 3.56. The van der Waals surface area contributed by atoms with Gasteiger partial charge in [0.05, 0.1) is 21.4 Å². The molecule has 0 saturated heterocycles. The molecule has 0 aliphatic heterocycles. The molecule has 2 rings (SSSR count). The number of hydrogen-bond donors (Lipinski definition) is 0. The van der Waals surface area contributed by atoms with Crippen LogP contribution in [-0.2, 0) is 5.88 Å². The SMILES string of the molecule is CSCn1cnc2sc(Br)cc2c1=O. The molecule has 2 aromatic heterocycles. The van der Waals surface area contributed by atoms with Gasteiger partial charge in [-0.2, -0.15) is 0 Å². The molecule has 0 radical (unpaired) electrons. The zero-order chi connectivity index (χ0) is 10.1. The molecule has 0 fully saturated rings. The van der Waals surface area contributed by atoms with E-state index in [9.17, 15) is 4.79 Å². The predicted molar refractivity (Wildman–Crippen MR) is 65.1 cm³/mol. The first kappa shape index (κ1) is 10.2. The van der Waals surface area contributed by atoms with E-state index < -0.39 is 0 Å². The second-order valence-corrected chi connectivity index (χ2v) is 5.95. The van der Waals surface area contributed by atoms with Gasteiger partial charge < -0.3 is 0 Å². The third-order valence-electron chi connectivity index (χ3n) is 1.76. The minimum atomic E-state index is 0.0336. The van der Waals surface area contributed by atoms with Crippen LogP contribution in [0, 0.1) is 0 Å². The Morgan fingerprint density at radius 3 is 3.21 bits per heavy atom. The smallest absolute Gasteiger partial charge is 0.262 e. The van der Waals surface area contributed by atoms with Crippen molar-refractivity contribution in [3.05, 3.63) is 26.5 Å². The molecule has 0 unspecified atom stereocenters. The lowest BCUT2D eigenvalue weighted by atomic mass is 10.4. The normalized spacial score (nSPS) is 11.0. The van der Waals surface area contributed by atoms with E-state index in [2.05, 4.69) is 20.9 Å². The maximum Gasteiger partial charge on any atom is 0.262 e. The Hall–Kier alpha value is -0.330. The second-order valence-electron chi connectivity index (χ2n) is 2.71. The van der Waals surface area contributed by atoms with Gasteiger partial charge in [0.15, 0.2) is 0 Å². The highest BCUT2D eigenvalue weighted by Gasteiger charge is 2.06. The first-order valence-corrected chi connectivity index (χ1v) is 6.86. The summed E-state index contributed by atoms with van der Waals surface area (Å²) >= 11 is 6.42. The molecule has 0 atom stereocenters. The molecule has 0 saturated carbocycles. The second kappa shape index (κ2) is 4.04. The molecule has 0 N–H and O–H groups in total.